The molecule has 1 atom stereocenters. The number of esters is 2. The van der Waals surface area contributed by atoms with Crippen LogP contribution in [0.25, 0.3) is 0 Å². The summed E-state index contributed by atoms with van der Waals surface area (Å²) in [6.07, 6.45) is 1.71. The zero-order chi connectivity index (χ0) is 24.5. The highest BCUT2D eigenvalue weighted by Crippen LogP contribution is 2.26. The van der Waals surface area contributed by atoms with E-state index in [1.165, 1.54) is 12.0 Å². The van der Waals surface area contributed by atoms with Crippen LogP contribution in [0.15, 0.2) is 48.5 Å². The van der Waals surface area contributed by atoms with E-state index in [0.29, 0.717) is 29.3 Å². The monoisotopic (exact) mass is 468 g/mol. The number of nitrogens with zero attached hydrogens (tertiary/aromatic N) is 1. The second-order valence-corrected chi connectivity index (χ2v) is 7.83. The zero-order valence-electron chi connectivity index (χ0n) is 19.2. The van der Waals surface area contributed by atoms with Gasteiger partial charge >= 0.3 is 11.9 Å². The number of anilines is 2. The van der Waals surface area contributed by atoms with Crippen molar-refractivity contribution in [3.05, 3.63) is 54.1 Å². The van der Waals surface area contributed by atoms with Crippen molar-refractivity contribution in [2.45, 2.75) is 26.2 Å². The molecule has 2 aromatic rings. The van der Waals surface area contributed by atoms with E-state index in [1.807, 2.05) is 6.92 Å². The van der Waals surface area contributed by atoms with Crippen molar-refractivity contribution in [3.63, 3.8) is 0 Å². The first-order valence-corrected chi connectivity index (χ1v) is 11.1. The summed E-state index contributed by atoms with van der Waals surface area (Å²) in [5.74, 6) is -1.86. The van der Waals surface area contributed by atoms with E-state index in [2.05, 4.69) is 5.32 Å². The summed E-state index contributed by atoms with van der Waals surface area (Å²) in [6.45, 7) is 2.05. The Kier molecular flexibility index (Phi) is 8.61. The Morgan fingerprint density at radius 1 is 1.09 bits per heavy atom. The summed E-state index contributed by atoms with van der Waals surface area (Å²) >= 11 is 0. The van der Waals surface area contributed by atoms with E-state index in [-0.39, 0.29) is 18.9 Å². The van der Waals surface area contributed by atoms with Crippen LogP contribution in [-0.4, -0.2) is 50.6 Å². The van der Waals surface area contributed by atoms with Crippen LogP contribution in [0.3, 0.4) is 0 Å². The van der Waals surface area contributed by atoms with Crippen molar-refractivity contribution in [1.29, 1.82) is 0 Å². The predicted molar refractivity (Wildman–Crippen MR) is 125 cm³/mol. The number of rotatable bonds is 10. The van der Waals surface area contributed by atoms with Gasteiger partial charge in [-0.15, -0.1) is 0 Å². The van der Waals surface area contributed by atoms with Crippen molar-refractivity contribution in [1.82, 2.24) is 0 Å². The molecule has 9 heteroatoms. The van der Waals surface area contributed by atoms with E-state index >= 15 is 0 Å². The molecule has 0 unspecified atom stereocenters. The van der Waals surface area contributed by atoms with Gasteiger partial charge < -0.3 is 24.4 Å². The normalized spacial score (nSPS) is 15.1. The molecule has 0 bridgehead atoms. The van der Waals surface area contributed by atoms with Crippen LogP contribution in [0.2, 0.25) is 0 Å². The van der Waals surface area contributed by atoms with Gasteiger partial charge in [-0.25, -0.2) is 4.79 Å². The summed E-state index contributed by atoms with van der Waals surface area (Å²) < 4.78 is 15.4. The molecule has 0 aliphatic carbocycles. The Bertz CT molecular complexity index is 1040. The number of ether oxygens (including phenoxy) is 3. The fraction of sp³-hybridized carbons (Fsp3) is 0.360. The Hall–Kier alpha value is -3.88. The van der Waals surface area contributed by atoms with Crippen molar-refractivity contribution in [2.24, 2.45) is 5.92 Å². The van der Waals surface area contributed by atoms with Gasteiger partial charge in [0.1, 0.15) is 5.75 Å². The molecule has 0 radical (unpaired) electrons. The third-order valence-electron chi connectivity index (χ3n) is 5.30. The average molecular weight is 469 g/mol. The van der Waals surface area contributed by atoms with Gasteiger partial charge in [0.05, 0.1) is 25.2 Å². The second-order valence-electron chi connectivity index (χ2n) is 7.83. The molecule has 180 valence electrons. The Morgan fingerprint density at radius 3 is 2.56 bits per heavy atom. The molecular formula is C25H28N2O7. The third kappa shape index (κ3) is 6.57. The highest BCUT2D eigenvalue weighted by Gasteiger charge is 2.36. The molecule has 1 fully saturated rings. The number of hydrogen-bond donors (Lipinski definition) is 1. The van der Waals surface area contributed by atoms with Gasteiger partial charge in [-0.2, -0.15) is 0 Å². The number of carbonyl (C=O) groups is 4. The van der Waals surface area contributed by atoms with Gasteiger partial charge in [-0.3, -0.25) is 14.4 Å². The topological polar surface area (TPSA) is 111 Å². The third-order valence-corrected chi connectivity index (χ3v) is 5.30. The average Bonchev–Trinajstić information content (AvgIpc) is 3.24. The molecule has 1 saturated heterocycles. The number of nitrogens with one attached hydrogen (secondary N) is 1. The van der Waals surface area contributed by atoms with E-state index in [4.69, 9.17) is 14.2 Å². The lowest BCUT2D eigenvalue weighted by Crippen LogP contribution is -2.28. The Morgan fingerprint density at radius 2 is 1.85 bits per heavy atom. The van der Waals surface area contributed by atoms with Gasteiger partial charge in [0.2, 0.25) is 5.91 Å². The van der Waals surface area contributed by atoms with Crippen molar-refractivity contribution < 1.29 is 33.4 Å². The Labute approximate surface area is 198 Å². The van der Waals surface area contributed by atoms with Gasteiger partial charge in [0, 0.05) is 30.4 Å². The van der Waals surface area contributed by atoms with Gasteiger partial charge in [-0.05, 0) is 42.8 Å². The van der Waals surface area contributed by atoms with Crippen LogP contribution in [-0.2, 0) is 23.9 Å². The first kappa shape index (κ1) is 24.8. The number of unbranched alkanes of at least 4 members (excludes halogenated alkanes) is 1. The van der Waals surface area contributed by atoms with E-state index in [1.54, 1.807) is 48.5 Å². The minimum absolute atomic E-state index is 0.0167. The molecule has 0 saturated carbocycles. The van der Waals surface area contributed by atoms with Crippen LogP contribution < -0.4 is 15.0 Å². The van der Waals surface area contributed by atoms with Crippen LogP contribution >= 0.6 is 0 Å². The lowest BCUT2D eigenvalue weighted by molar-refractivity contribution is -0.151. The number of hydrogen-bond acceptors (Lipinski definition) is 7. The molecule has 9 nitrogen and oxygen atoms in total. The second kappa shape index (κ2) is 11.8. The largest absolute Gasteiger partial charge is 0.497 e. The fourth-order valence-electron chi connectivity index (χ4n) is 3.44. The maximum absolute atomic E-state index is 12.5. The SMILES string of the molecule is CCCCOC(=O)c1ccc(N2C[C@H](C(=O)OCC(=O)Nc3cccc(OC)c3)CC2=O)cc1. The molecule has 1 heterocycles. The van der Waals surface area contributed by atoms with Crippen molar-refractivity contribution >= 4 is 35.1 Å². The molecule has 2 aromatic carbocycles. The number of benzene rings is 2. The van der Waals surface area contributed by atoms with Crippen LogP contribution in [0.4, 0.5) is 11.4 Å². The minimum Gasteiger partial charge on any atom is -0.497 e. The van der Waals surface area contributed by atoms with E-state index < -0.39 is 30.4 Å². The number of methoxy groups -OCH3 is 1. The minimum atomic E-state index is -0.684. The summed E-state index contributed by atoms with van der Waals surface area (Å²) in [5.41, 5.74) is 1.48. The molecule has 2 amide bonds. The highest BCUT2D eigenvalue weighted by atomic mass is 16.5. The van der Waals surface area contributed by atoms with Crippen LogP contribution in [0.1, 0.15) is 36.5 Å². The zero-order valence-corrected chi connectivity index (χ0v) is 19.2. The number of carbonyl (C=O) groups excluding carboxylic acids is 4. The molecule has 1 N–H and O–H groups in total. The molecule has 1 aliphatic heterocycles. The summed E-state index contributed by atoms with van der Waals surface area (Å²) in [5, 5.41) is 2.63. The van der Waals surface area contributed by atoms with Crippen molar-refractivity contribution in [3.8, 4) is 5.75 Å². The van der Waals surface area contributed by atoms with Crippen LogP contribution in [0.5, 0.6) is 5.75 Å². The van der Waals surface area contributed by atoms with E-state index in [0.717, 1.165) is 12.8 Å². The first-order valence-electron chi connectivity index (χ1n) is 11.1. The molecular weight excluding hydrogens is 440 g/mol. The number of amides is 2. The molecule has 3 rings (SSSR count). The smallest absolute Gasteiger partial charge is 0.338 e. The van der Waals surface area contributed by atoms with Gasteiger partial charge in [0.25, 0.3) is 5.91 Å². The highest BCUT2D eigenvalue weighted by molar-refractivity contribution is 6.00. The quantitative estimate of drug-likeness (QED) is 0.421. The van der Waals surface area contributed by atoms with Crippen molar-refractivity contribution in [2.75, 3.05) is 37.1 Å². The molecule has 0 aromatic heterocycles. The Balaban J connectivity index is 1.50. The molecule has 0 spiro atoms. The summed E-state index contributed by atoms with van der Waals surface area (Å²) in [4.78, 5) is 50.5. The maximum Gasteiger partial charge on any atom is 0.338 e. The standard InChI is InChI=1S/C25H28N2O7/c1-3-4-12-33-24(30)17-8-10-20(11-9-17)27-15-18(13-23(27)29)25(31)34-16-22(28)26-19-6-5-7-21(14-19)32-2/h5-11,14,18H,3-4,12-13,15-16H2,1-2H3,(H,26,28)/t18-/m1/s1. The summed E-state index contributed by atoms with van der Waals surface area (Å²) in [6, 6.07) is 13.3. The predicted octanol–water partition coefficient (Wildman–Crippen LogP) is 3.19. The fourth-order valence-corrected chi connectivity index (χ4v) is 3.44. The first-order chi connectivity index (χ1) is 16.4. The van der Waals surface area contributed by atoms with Gasteiger partial charge in [-0.1, -0.05) is 19.4 Å². The van der Waals surface area contributed by atoms with Gasteiger partial charge in [0.15, 0.2) is 6.61 Å². The summed E-state index contributed by atoms with van der Waals surface area (Å²) in [7, 11) is 1.52. The molecule has 34 heavy (non-hydrogen) atoms. The van der Waals surface area contributed by atoms with Crippen LogP contribution in [0, 0.1) is 5.92 Å². The van der Waals surface area contributed by atoms with E-state index in [9.17, 15) is 19.2 Å². The maximum atomic E-state index is 12.5. The molecule has 1 aliphatic rings. The lowest BCUT2D eigenvalue weighted by Gasteiger charge is -2.17. The lowest BCUT2D eigenvalue weighted by atomic mass is 10.1.